The van der Waals surface area contributed by atoms with Crippen molar-refractivity contribution in [1.29, 1.82) is 0 Å². The number of nitrogens with zero attached hydrogens (tertiary/aromatic N) is 1. The number of amides is 1. The smallest absolute Gasteiger partial charge is 0.308 e. The summed E-state index contributed by atoms with van der Waals surface area (Å²) in [6.45, 7) is 0.384. The number of carbonyl (C=O) groups is 2. The number of halogens is 1. The first-order chi connectivity index (χ1) is 11.6. The average molecular weight is 347 g/mol. The normalized spacial score (nSPS) is 21.0. The van der Waals surface area contributed by atoms with Gasteiger partial charge in [0.2, 0.25) is 5.91 Å². The Balaban J connectivity index is 1.84. The first-order valence-corrected chi connectivity index (χ1v) is 8.74. The van der Waals surface area contributed by atoms with Gasteiger partial charge in [0.05, 0.1) is 12.0 Å². The van der Waals surface area contributed by atoms with Crippen LogP contribution < -0.4 is 0 Å². The van der Waals surface area contributed by atoms with Gasteiger partial charge in [-0.15, -0.1) is 11.3 Å². The van der Waals surface area contributed by atoms with Crippen molar-refractivity contribution < 1.29 is 19.1 Å². The molecular formula is C18H18FNO3S. The second-order valence-electron chi connectivity index (χ2n) is 5.91. The summed E-state index contributed by atoms with van der Waals surface area (Å²) in [5.41, 5.74) is 0.796. The van der Waals surface area contributed by atoms with E-state index >= 15 is 0 Å². The summed E-state index contributed by atoms with van der Waals surface area (Å²) in [4.78, 5) is 26.6. The average Bonchev–Trinajstić information content (AvgIpc) is 3.07. The maximum Gasteiger partial charge on any atom is 0.308 e. The Kier molecular flexibility index (Phi) is 4.94. The molecular weight excluding hydrogens is 329 g/mol. The number of thiophene rings is 1. The highest BCUT2D eigenvalue weighted by atomic mass is 32.1. The second kappa shape index (κ2) is 7.13. The van der Waals surface area contributed by atoms with Crippen LogP contribution in [0.25, 0.3) is 0 Å². The fourth-order valence-corrected chi connectivity index (χ4v) is 4.13. The van der Waals surface area contributed by atoms with Crippen molar-refractivity contribution in [3.63, 3.8) is 0 Å². The molecule has 1 aromatic carbocycles. The molecule has 126 valence electrons. The summed E-state index contributed by atoms with van der Waals surface area (Å²) in [7, 11) is 0. The molecule has 2 atom stereocenters. The lowest BCUT2D eigenvalue weighted by atomic mass is 9.87. The molecule has 0 spiro atoms. The van der Waals surface area contributed by atoms with E-state index in [0.717, 1.165) is 10.4 Å². The van der Waals surface area contributed by atoms with Crippen LogP contribution in [0.2, 0.25) is 0 Å². The molecule has 0 aliphatic carbocycles. The fraction of sp³-hybridized carbons (Fsp3) is 0.333. The molecule has 0 bridgehead atoms. The van der Waals surface area contributed by atoms with Crippen molar-refractivity contribution in [3.8, 4) is 0 Å². The number of benzene rings is 1. The lowest BCUT2D eigenvalue weighted by molar-refractivity contribution is -0.151. The van der Waals surface area contributed by atoms with Crippen LogP contribution in [0, 0.1) is 11.7 Å². The highest BCUT2D eigenvalue weighted by Gasteiger charge is 2.40. The zero-order valence-corrected chi connectivity index (χ0v) is 13.8. The third-order valence-corrected chi connectivity index (χ3v) is 5.33. The number of carboxylic acids is 1. The number of carbonyl (C=O) groups excluding carboxylic acids is 1. The van der Waals surface area contributed by atoms with Gasteiger partial charge in [-0.2, -0.15) is 0 Å². The molecule has 3 rings (SSSR count). The molecule has 1 amide bonds. The van der Waals surface area contributed by atoms with Crippen molar-refractivity contribution in [1.82, 2.24) is 4.90 Å². The van der Waals surface area contributed by atoms with Gasteiger partial charge in [0, 0.05) is 17.8 Å². The summed E-state index contributed by atoms with van der Waals surface area (Å²) in [5.74, 6) is -1.83. The standard InChI is InChI=1S/C18H18FNO3S/c19-13-4-1-3-12(11-13)8-9-20-16(21)7-6-14(18(22)23)17(20)15-5-2-10-24-15/h1-5,10-11,14,17H,6-9H2,(H,22,23)/t14-,17-/m0/s1. The Morgan fingerprint density at radius 2 is 2.17 bits per heavy atom. The van der Waals surface area contributed by atoms with E-state index in [1.807, 2.05) is 23.6 Å². The van der Waals surface area contributed by atoms with Gasteiger partial charge in [0.1, 0.15) is 5.82 Å². The van der Waals surface area contributed by atoms with Crippen molar-refractivity contribution in [2.45, 2.75) is 25.3 Å². The molecule has 4 nitrogen and oxygen atoms in total. The molecule has 1 aliphatic heterocycles. The van der Waals surface area contributed by atoms with Gasteiger partial charge in [-0.25, -0.2) is 4.39 Å². The number of rotatable bonds is 5. The van der Waals surface area contributed by atoms with Crippen LogP contribution in [0.15, 0.2) is 41.8 Å². The van der Waals surface area contributed by atoms with Gasteiger partial charge in [-0.3, -0.25) is 9.59 Å². The van der Waals surface area contributed by atoms with Crippen LogP contribution in [-0.2, 0) is 16.0 Å². The Bertz CT molecular complexity index is 732. The lowest BCUT2D eigenvalue weighted by Crippen LogP contribution is -2.45. The largest absolute Gasteiger partial charge is 0.481 e. The van der Waals surface area contributed by atoms with E-state index in [-0.39, 0.29) is 18.1 Å². The molecule has 1 N–H and O–H groups in total. The van der Waals surface area contributed by atoms with E-state index in [1.165, 1.54) is 23.5 Å². The fourth-order valence-electron chi connectivity index (χ4n) is 3.23. The van der Waals surface area contributed by atoms with E-state index in [2.05, 4.69) is 0 Å². The monoisotopic (exact) mass is 347 g/mol. The van der Waals surface area contributed by atoms with Gasteiger partial charge in [0.25, 0.3) is 0 Å². The summed E-state index contributed by atoms with van der Waals surface area (Å²) in [6, 6.07) is 9.57. The van der Waals surface area contributed by atoms with Crippen LogP contribution in [0.4, 0.5) is 4.39 Å². The predicted molar refractivity (Wildman–Crippen MR) is 89.2 cm³/mol. The van der Waals surface area contributed by atoms with E-state index in [4.69, 9.17) is 0 Å². The maximum absolute atomic E-state index is 13.3. The Labute approximate surface area is 143 Å². The quantitative estimate of drug-likeness (QED) is 0.901. The van der Waals surface area contributed by atoms with Crippen molar-refractivity contribution >= 4 is 23.2 Å². The predicted octanol–water partition coefficient (Wildman–Crippen LogP) is 3.49. The summed E-state index contributed by atoms with van der Waals surface area (Å²) >= 11 is 1.46. The number of hydrogen-bond donors (Lipinski definition) is 1. The SMILES string of the molecule is O=C(O)[C@H]1CCC(=O)N(CCc2cccc(F)c2)[C@@H]1c1cccs1. The van der Waals surface area contributed by atoms with E-state index in [1.54, 1.807) is 11.0 Å². The molecule has 1 saturated heterocycles. The van der Waals surface area contributed by atoms with E-state index < -0.39 is 17.9 Å². The highest BCUT2D eigenvalue weighted by molar-refractivity contribution is 7.10. The Morgan fingerprint density at radius 3 is 2.83 bits per heavy atom. The number of likely N-dealkylation sites (tertiary alicyclic amines) is 1. The van der Waals surface area contributed by atoms with Crippen molar-refractivity contribution in [2.24, 2.45) is 5.92 Å². The lowest BCUT2D eigenvalue weighted by Gasteiger charge is -2.39. The Hall–Kier alpha value is -2.21. The third-order valence-electron chi connectivity index (χ3n) is 4.39. The van der Waals surface area contributed by atoms with E-state index in [0.29, 0.717) is 19.4 Å². The molecule has 1 aromatic heterocycles. The Morgan fingerprint density at radius 1 is 1.33 bits per heavy atom. The molecule has 24 heavy (non-hydrogen) atoms. The minimum atomic E-state index is -0.878. The molecule has 1 fully saturated rings. The number of hydrogen-bond acceptors (Lipinski definition) is 3. The molecule has 0 saturated carbocycles. The minimum absolute atomic E-state index is 0.0395. The molecule has 0 unspecified atom stereocenters. The van der Waals surface area contributed by atoms with Crippen LogP contribution in [0.3, 0.4) is 0 Å². The van der Waals surface area contributed by atoms with Gasteiger partial charge in [0.15, 0.2) is 0 Å². The highest BCUT2D eigenvalue weighted by Crippen LogP contribution is 2.38. The first kappa shape index (κ1) is 16.6. The van der Waals surface area contributed by atoms with Crippen LogP contribution in [-0.4, -0.2) is 28.4 Å². The topological polar surface area (TPSA) is 57.6 Å². The van der Waals surface area contributed by atoms with Gasteiger partial charge in [-0.05, 0) is 42.0 Å². The van der Waals surface area contributed by atoms with E-state index in [9.17, 15) is 19.1 Å². The van der Waals surface area contributed by atoms with Crippen molar-refractivity contribution in [3.05, 3.63) is 58.0 Å². The first-order valence-electron chi connectivity index (χ1n) is 7.86. The van der Waals surface area contributed by atoms with Crippen molar-refractivity contribution in [2.75, 3.05) is 6.54 Å². The zero-order valence-electron chi connectivity index (χ0n) is 13.0. The number of piperidine rings is 1. The van der Waals surface area contributed by atoms with Crippen LogP contribution in [0.5, 0.6) is 0 Å². The second-order valence-corrected chi connectivity index (χ2v) is 6.89. The molecule has 2 aromatic rings. The number of carboxylic acid groups (broad SMARTS) is 1. The molecule has 2 heterocycles. The van der Waals surface area contributed by atoms with Gasteiger partial charge in [-0.1, -0.05) is 18.2 Å². The molecule has 0 radical (unpaired) electrons. The van der Waals surface area contributed by atoms with Crippen LogP contribution in [0.1, 0.15) is 29.3 Å². The third kappa shape index (κ3) is 3.48. The summed E-state index contributed by atoms with van der Waals surface area (Å²) in [6.07, 6.45) is 1.09. The van der Waals surface area contributed by atoms with Gasteiger partial charge >= 0.3 is 5.97 Å². The summed E-state index contributed by atoms with van der Waals surface area (Å²) < 4.78 is 13.3. The maximum atomic E-state index is 13.3. The zero-order chi connectivity index (χ0) is 17.1. The molecule has 1 aliphatic rings. The minimum Gasteiger partial charge on any atom is -0.481 e. The number of aliphatic carboxylic acids is 1. The summed E-state index contributed by atoms with van der Waals surface area (Å²) in [5, 5.41) is 11.4. The molecule has 6 heteroatoms. The van der Waals surface area contributed by atoms with Gasteiger partial charge < -0.3 is 10.0 Å². The van der Waals surface area contributed by atoms with Crippen LogP contribution >= 0.6 is 11.3 Å².